The predicted octanol–water partition coefficient (Wildman–Crippen LogP) is 6.46. The van der Waals surface area contributed by atoms with E-state index >= 15 is 0 Å². The largest absolute Gasteiger partial charge is 0.433 e. The van der Waals surface area contributed by atoms with Gasteiger partial charge in [0.05, 0.1) is 4.88 Å². The third-order valence-electron chi connectivity index (χ3n) is 5.68. The van der Waals surface area contributed by atoms with E-state index in [1.165, 1.54) is 11.3 Å². The van der Waals surface area contributed by atoms with E-state index in [2.05, 4.69) is 34.1 Å². The van der Waals surface area contributed by atoms with E-state index in [-0.39, 0.29) is 11.4 Å². The molecule has 3 aromatic rings. The lowest BCUT2D eigenvalue weighted by molar-refractivity contribution is -0.141. The summed E-state index contributed by atoms with van der Waals surface area (Å²) in [6.45, 7) is 6.24. The molecule has 1 fully saturated rings. The van der Waals surface area contributed by atoms with Crippen molar-refractivity contribution in [3.8, 4) is 10.4 Å². The van der Waals surface area contributed by atoms with Gasteiger partial charge in [-0.2, -0.15) is 13.2 Å². The first-order chi connectivity index (χ1) is 14.9. The van der Waals surface area contributed by atoms with Crippen LogP contribution in [0, 0.1) is 12.3 Å². The molecule has 9 heteroatoms. The SMILES string of the molecule is Cc1cc(Nc2nccc(C(F)(F)F)n2)cc(-c2cnc([C@@]3(O)CCCC(C)(C)C3)s2)c1. The molecule has 2 aromatic heterocycles. The minimum Gasteiger partial charge on any atom is -0.383 e. The number of nitrogens with zero attached hydrogens (tertiary/aromatic N) is 3. The number of halogens is 3. The van der Waals surface area contributed by atoms with Crippen LogP contribution in [0.1, 0.15) is 55.8 Å². The number of aromatic nitrogens is 3. The number of nitrogens with one attached hydrogen (secondary N) is 1. The van der Waals surface area contributed by atoms with Gasteiger partial charge in [-0.05, 0) is 67.3 Å². The van der Waals surface area contributed by atoms with E-state index in [1.54, 1.807) is 6.20 Å². The van der Waals surface area contributed by atoms with Crippen LogP contribution >= 0.6 is 11.3 Å². The highest BCUT2D eigenvalue weighted by Crippen LogP contribution is 2.48. The summed E-state index contributed by atoms with van der Waals surface area (Å²) in [5, 5.41) is 14.8. The summed E-state index contributed by atoms with van der Waals surface area (Å²) < 4.78 is 38.8. The molecule has 0 bridgehead atoms. The van der Waals surface area contributed by atoms with Crippen LogP contribution in [0.3, 0.4) is 0 Å². The molecule has 0 unspecified atom stereocenters. The third-order valence-corrected chi connectivity index (χ3v) is 6.92. The van der Waals surface area contributed by atoms with Gasteiger partial charge in [-0.3, -0.25) is 0 Å². The van der Waals surface area contributed by atoms with Crippen molar-refractivity contribution in [3.05, 3.63) is 52.9 Å². The van der Waals surface area contributed by atoms with Gasteiger partial charge in [0.1, 0.15) is 16.3 Å². The van der Waals surface area contributed by atoms with Gasteiger partial charge in [-0.1, -0.05) is 19.9 Å². The van der Waals surface area contributed by atoms with Crippen LogP contribution in [0.5, 0.6) is 0 Å². The van der Waals surface area contributed by atoms with Gasteiger partial charge in [-0.15, -0.1) is 11.3 Å². The Morgan fingerprint density at radius 1 is 1.12 bits per heavy atom. The zero-order chi connectivity index (χ0) is 23.1. The molecule has 1 atom stereocenters. The summed E-state index contributed by atoms with van der Waals surface area (Å²) in [7, 11) is 0. The van der Waals surface area contributed by atoms with Crippen LogP contribution < -0.4 is 5.32 Å². The van der Waals surface area contributed by atoms with Crippen molar-refractivity contribution in [1.29, 1.82) is 0 Å². The zero-order valence-corrected chi connectivity index (χ0v) is 18.9. The molecule has 0 radical (unpaired) electrons. The molecule has 2 N–H and O–H groups in total. The van der Waals surface area contributed by atoms with Crippen molar-refractivity contribution < 1.29 is 18.3 Å². The van der Waals surface area contributed by atoms with Gasteiger partial charge < -0.3 is 10.4 Å². The van der Waals surface area contributed by atoms with Gasteiger partial charge in [0, 0.05) is 18.1 Å². The number of hydrogen-bond donors (Lipinski definition) is 2. The first kappa shape index (κ1) is 22.7. The molecular formula is C23H25F3N4OS. The highest BCUT2D eigenvalue weighted by Gasteiger charge is 2.41. The van der Waals surface area contributed by atoms with E-state index in [4.69, 9.17) is 0 Å². The summed E-state index contributed by atoms with van der Waals surface area (Å²) in [6, 6.07) is 6.45. The Labute approximate surface area is 188 Å². The number of rotatable bonds is 4. The number of aliphatic hydroxyl groups is 1. The van der Waals surface area contributed by atoms with Crippen LogP contribution in [-0.2, 0) is 11.8 Å². The fourth-order valence-electron chi connectivity index (χ4n) is 4.34. The molecule has 0 spiro atoms. The van der Waals surface area contributed by atoms with Crippen LogP contribution in [0.4, 0.5) is 24.8 Å². The topological polar surface area (TPSA) is 70.9 Å². The summed E-state index contributed by atoms with van der Waals surface area (Å²) in [5.74, 6) is -0.125. The molecule has 0 amide bonds. The smallest absolute Gasteiger partial charge is 0.383 e. The van der Waals surface area contributed by atoms with E-state index in [0.717, 1.165) is 41.1 Å². The Hall–Kier alpha value is -2.52. The fourth-order valence-corrected chi connectivity index (χ4v) is 5.36. The van der Waals surface area contributed by atoms with Crippen LogP contribution in [0.15, 0.2) is 36.7 Å². The van der Waals surface area contributed by atoms with E-state index in [9.17, 15) is 18.3 Å². The predicted molar refractivity (Wildman–Crippen MR) is 119 cm³/mol. The Morgan fingerprint density at radius 2 is 1.91 bits per heavy atom. The normalized spacial score (nSPS) is 20.8. The average molecular weight is 463 g/mol. The molecule has 1 aliphatic carbocycles. The minimum atomic E-state index is -4.54. The molecule has 1 aromatic carbocycles. The second-order valence-corrected chi connectivity index (χ2v) is 10.3. The van der Waals surface area contributed by atoms with Crippen molar-refractivity contribution in [1.82, 2.24) is 15.0 Å². The van der Waals surface area contributed by atoms with Crippen molar-refractivity contribution in [2.75, 3.05) is 5.32 Å². The third kappa shape index (κ3) is 4.94. The molecule has 170 valence electrons. The maximum Gasteiger partial charge on any atom is 0.433 e. The van der Waals surface area contributed by atoms with Crippen molar-refractivity contribution in [2.45, 2.75) is 58.2 Å². The second kappa shape index (κ2) is 8.12. The van der Waals surface area contributed by atoms with E-state index in [0.29, 0.717) is 23.5 Å². The van der Waals surface area contributed by atoms with E-state index in [1.807, 2.05) is 25.1 Å². The second-order valence-electron chi connectivity index (χ2n) is 9.23. The van der Waals surface area contributed by atoms with Crippen molar-refractivity contribution >= 4 is 23.0 Å². The lowest BCUT2D eigenvalue weighted by Gasteiger charge is -2.40. The number of alkyl halides is 3. The van der Waals surface area contributed by atoms with Crippen molar-refractivity contribution in [2.24, 2.45) is 5.41 Å². The van der Waals surface area contributed by atoms with Gasteiger partial charge in [-0.25, -0.2) is 15.0 Å². The monoisotopic (exact) mass is 462 g/mol. The first-order valence-electron chi connectivity index (χ1n) is 10.4. The highest BCUT2D eigenvalue weighted by molar-refractivity contribution is 7.15. The van der Waals surface area contributed by atoms with Crippen LogP contribution in [0.2, 0.25) is 0 Å². The Balaban J connectivity index is 1.60. The molecule has 5 nitrogen and oxygen atoms in total. The average Bonchev–Trinajstić information content (AvgIpc) is 3.17. The number of thiazole rings is 1. The molecule has 32 heavy (non-hydrogen) atoms. The lowest BCUT2D eigenvalue weighted by atomic mass is 9.70. The number of hydrogen-bond acceptors (Lipinski definition) is 6. The maximum atomic E-state index is 12.9. The molecule has 2 heterocycles. The zero-order valence-electron chi connectivity index (χ0n) is 18.1. The standard InChI is InChI=1S/C23H25F3N4OS/c1-14-9-15(11-16(10-14)29-20-27-8-5-18(30-20)23(24,25)26)17-12-28-19(32-17)22(31)7-4-6-21(2,3)13-22/h5,8-12,31H,4,6-7,13H2,1-3H3,(H,27,29,30)/t22-/m1/s1. The van der Waals surface area contributed by atoms with Gasteiger partial charge >= 0.3 is 6.18 Å². The van der Waals surface area contributed by atoms with Crippen LogP contribution in [0.25, 0.3) is 10.4 Å². The van der Waals surface area contributed by atoms with E-state index < -0.39 is 17.5 Å². The molecule has 1 saturated carbocycles. The molecule has 0 aliphatic heterocycles. The molecule has 1 aliphatic rings. The lowest BCUT2D eigenvalue weighted by Crippen LogP contribution is -2.36. The Kier molecular flexibility index (Phi) is 5.75. The number of anilines is 2. The summed E-state index contributed by atoms with van der Waals surface area (Å²) in [4.78, 5) is 12.9. The Morgan fingerprint density at radius 3 is 2.62 bits per heavy atom. The van der Waals surface area contributed by atoms with Crippen LogP contribution in [-0.4, -0.2) is 20.1 Å². The van der Waals surface area contributed by atoms with Gasteiger partial charge in [0.15, 0.2) is 0 Å². The minimum absolute atomic E-state index is 0.0597. The first-order valence-corrected chi connectivity index (χ1v) is 11.2. The summed E-state index contributed by atoms with van der Waals surface area (Å²) in [6.07, 6.45) is 1.68. The number of aryl methyl sites for hydroxylation is 1. The van der Waals surface area contributed by atoms with Gasteiger partial charge in [0.25, 0.3) is 0 Å². The quantitative estimate of drug-likeness (QED) is 0.466. The molecule has 4 rings (SSSR count). The molecule has 0 saturated heterocycles. The Bertz CT molecular complexity index is 1130. The molecular weight excluding hydrogens is 437 g/mol. The number of benzene rings is 1. The fraction of sp³-hybridized carbons (Fsp3) is 0.435. The summed E-state index contributed by atoms with van der Waals surface area (Å²) in [5.41, 5.74) is 0.489. The summed E-state index contributed by atoms with van der Waals surface area (Å²) >= 11 is 1.45. The maximum absolute atomic E-state index is 12.9. The van der Waals surface area contributed by atoms with Crippen molar-refractivity contribution in [3.63, 3.8) is 0 Å². The highest BCUT2D eigenvalue weighted by atomic mass is 32.1. The van der Waals surface area contributed by atoms with Gasteiger partial charge in [0.2, 0.25) is 5.95 Å².